The number of carbonyl (C=O) groups excluding carboxylic acids is 1. The molecule has 5 rings (SSSR count). The molecule has 3 aromatic heterocycles. The van der Waals surface area contributed by atoms with Gasteiger partial charge < -0.3 is 14.4 Å². The molecule has 0 unspecified atom stereocenters. The van der Waals surface area contributed by atoms with Gasteiger partial charge in [-0.15, -0.1) is 0 Å². The van der Waals surface area contributed by atoms with Crippen LogP contribution in [0.1, 0.15) is 29.8 Å². The number of hydrogen-bond donors (Lipinski definition) is 1. The summed E-state index contributed by atoms with van der Waals surface area (Å²) >= 11 is 0. The summed E-state index contributed by atoms with van der Waals surface area (Å²) < 4.78 is 8.40. The number of hydrogen-bond acceptors (Lipinski definition) is 6. The summed E-state index contributed by atoms with van der Waals surface area (Å²) in [5.41, 5.74) is 3.60. The SMILES string of the molecule is CCc1noc(Cn2cnc3c4ccccc4n(CC(=O)NCc4ccc(C)cc4)c3c2=O)n1. The minimum atomic E-state index is -0.274. The van der Waals surface area contributed by atoms with Gasteiger partial charge in [-0.25, -0.2) is 4.98 Å². The lowest BCUT2D eigenvalue weighted by molar-refractivity contribution is -0.121. The minimum absolute atomic E-state index is 0.00263. The summed E-state index contributed by atoms with van der Waals surface area (Å²) in [5, 5.41) is 7.65. The van der Waals surface area contributed by atoms with Crippen molar-refractivity contribution in [1.29, 1.82) is 0 Å². The molecule has 0 aliphatic carbocycles. The van der Waals surface area contributed by atoms with Crippen LogP contribution in [0, 0.1) is 6.92 Å². The molecule has 2 aromatic carbocycles. The van der Waals surface area contributed by atoms with E-state index in [9.17, 15) is 9.59 Å². The number of carbonyl (C=O) groups is 1. The third-order valence-corrected chi connectivity index (χ3v) is 5.78. The molecular weight excluding hydrogens is 432 g/mol. The number of para-hydroxylation sites is 1. The number of nitrogens with one attached hydrogen (secondary N) is 1. The Balaban J connectivity index is 1.49. The molecule has 0 radical (unpaired) electrons. The minimum Gasteiger partial charge on any atom is -0.350 e. The summed E-state index contributed by atoms with van der Waals surface area (Å²) in [5.74, 6) is 0.720. The topological polar surface area (TPSA) is 108 Å². The number of fused-ring (bicyclic) bond motifs is 3. The lowest BCUT2D eigenvalue weighted by atomic mass is 10.1. The highest BCUT2D eigenvalue weighted by molar-refractivity contribution is 6.06. The molecule has 0 bridgehead atoms. The highest BCUT2D eigenvalue weighted by Gasteiger charge is 2.19. The fraction of sp³-hybridized carbons (Fsp3) is 0.240. The van der Waals surface area contributed by atoms with Crippen LogP contribution in [0.2, 0.25) is 0 Å². The zero-order valence-corrected chi connectivity index (χ0v) is 19.0. The molecule has 0 saturated heterocycles. The predicted octanol–water partition coefficient (Wildman–Crippen LogP) is 2.97. The Bertz CT molecular complexity index is 1550. The molecule has 9 heteroatoms. The predicted molar refractivity (Wildman–Crippen MR) is 127 cm³/mol. The smallest absolute Gasteiger partial charge is 0.278 e. The van der Waals surface area contributed by atoms with E-state index in [1.165, 1.54) is 10.9 Å². The van der Waals surface area contributed by atoms with E-state index in [2.05, 4.69) is 20.4 Å². The van der Waals surface area contributed by atoms with Gasteiger partial charge in [-0.3, -0.25) is 14.2 Å². The number of amides is 1. The molecule has 0 aliphatic rings. The Labute approximate surface area is 195 Å². The maximum absolute atomic E-state index is 13.5. The van der Waals surface area contributed by atoms with Gasteiger partial charge in [-0.05, 0) is 18.6 Å². The van der Waals surface area contributed by atoms with E-state index in [1.807, 2.05) is 62.4 Å². The van der Waals surface area contributed by atoms with Gasteiger partial charge in [0.25, 0.3) is 5.56 Å². The van der Waals surface area contributed by atoms with Crippen LogP contribution in [0.5, 0.6) is 0 Å². The van der Waals surface area contributed by atoms with Crippen molar-refractivity contribution >= 4 is 27.8 Å². The van der Waals surface area contributed by atoms with E-state index >= 15 is 0 Å². The van der Waals surface area contributed by atoms with Gasteiger partial charge in [0, 0.05) is 18.4 Å². The molecule has 1 N–H and O–H groups in total. The van der Waals surface area contributed by atoms with E-state index in [0.29, 0.717) is 35.7 Å². The first-order chi connectivity index (χ1) is 16.5. The highest BCUT2D eigenvalue weighted by atomic mass is 16.5. The summed E-state index contributed by atoms with van der Waals surface area (Å²) in [6.45, 7) is 4.46. The fourth-order valence-electron chi connectivity index (χ4n) is 3.98. The maximum atomic E-state index is 13.5. The number of aryl methyl sites for hydroxylation is 2. The lowest BCUT2D eigenvalue weighted by Gasteiger charge is -2.09. The third kappa shape index (κ3) is 4.07. The zero-order valence-electron chi connectivity index (χ0n) is 19.0. The van der Waals surface area contributed by atoms with Crippen LogP contribution in [0.4, 0.5) is 0 Å². The van der Waals surface area contributed by atoms with Crippen LogP contribution >= 0.6 is 0 Å². The van der Waals surface area contributed by atoms with Crippen LogP contribution in [-0.4, -0.2) is 30.2 Å². The van der Waals surface area contributed by atoms with Crippen molar-refractivity contribution in [1.82, 2.24) is 29.6 Å². The van der Waals surface area contributed by atoms with Gasteiger partial charge in [0.1, 0.15) is 24.1 Å². The largest absolute Gasteiger partial charge is 0.350 e. The van der Waals surface area contributed by atoms with Gasteiger partial charge in [-0.1, -0.05) is 60.1 Å². The Morgan fingerprint density at radius 3 is 2.68 bits per heavy atom. The molecule has 34 heavy (non-hydrogen) atoms. The van der Waals surface area contributed by atoms with Gasteiger partial charge in [0.05, 0.1) is 11.8 Å². The standard InChI is InChI=1S/C25H24N6O3/c1-3-20-28-22(34-29-20)14-30-15-27-23-18-6-4-5-7-19(18)31(24(23)25(30)33)13-21(32)26-12-17-10-8-16(2)9-11-17/h4-11,15H,3,12-14H2,1-2H3,(H,26,32). The van der Waals surface area contributed by atoms with E-state index in [0.717, 1.165) is 22.0 Å². The van der Waals surface area contributed by atoms with Crippen molar-refractivity contribution in [3.05, 3.63) is 88.1 Å². The van der Waals surface area contributed by atoms with E-state index in [1.54, 1.807) is 4.57 Å². The molecule has 5 aromatic rings. The van der Waals surface area contributed by atoms with E-state index < -0.39 is 0 Å². The van der Waals surface area contributed by atoms with Gasteiger partial charge in [-0.2, -0.15) is 4.98 Å². The Kier molecular flexibility index (Phi) is 5.67. The van der Waals surface area contributed by atoms with Crippen molar-refractivity contribution in [3.63, 3.8) is 0 Å². The Morgan fingerprint density at radius 2 is 1.91 bits per heavy atom. The second-order valence-electron chi connectivity index (χ2n) is 8.20. The summed E-state index contributed by atoms with van der Waals surface area (Å²) in [6.07, 6.45) is 2.12. The van der Waals surface area contributed by atoms with E-state index in [4.69, 9.17) is 4.52 Å². The molecule has 0 atom stereocenters. The maximum Gasteiger partial charge on any atom is 0.278 e. The first kappa shape index (κ1) is 21.6. The quantitative estimate of drug-likeness (QED) is 0.403. The van der Waals surface area contributed by atoms with Crippen molar-refractivity contribution < 1.29 is 9.32 Å². The summed E-state index contributed by atoms with van der Waals surface area (Å²) in [6, 6.07) is 15.6. The van der Waals surface area contributed by atoms with E-state index in [-0.39, 0.29) is 24.6 Å². The fourth-order valence-corrected chi connectivity index (χ4v) is 3.98. The van der Waals surface area contributed by atoms with Gasteiger partial charge >= 0.3 is 0 Å². The molecule has 0 fully saturated rings. The number of nitrogens with zero attached hydrogens (tertiary/aromatic N) is 5. The average Bonchev–Trinajstić information content (AvgIpc) is 3.43. The van der Waals surface area contributed by atoms with Crippen molar-refractivity contribution in [2.75, 3.05) is 0 Å². The molecule has 3 heterocycles. The average molecular weight is 457 g/mol. The number of aromatic nitrogens is 5. The number of benzene rings is 2. The van der Waals surface area contributed by atoms with Crippen LogP contribution < -0.4 is 10.9 Å². The van der Waals surface area contributed by atoms with Crippen LogP contribution in [0.3, 0.4) is 0 Å². The third-order valence-electron chi connectivity index (χ3n) is 5.78. The van der Waals surface area contributed by atoms with Crippen LogP contribution in [0.25, 0.3) is 21.9 Å². The van der Waals surface area contributed by atoms with Crippen LogP contribution in [-0.2, 0) is 30.8 Å². The Hall–Kier alpha value is -4.27. The molecule has 1 amide bonds. The normalized spacial score (nSPS) is 11.4. The zero-order chi connectivity index (χ0) is 23.7. The first-order valence-electron chi connectivity index (χ1n) is 11.1. The summed E-state index contributed by atoms with van der Waals surface area (Å²) in [4.78, 5) is 35.2. The van der Waals surface area contributed by atoms with Crippen molar-refractivity contribution in [3.8, 4) is 0 Å². The Morgan fingerprint density at radius 1 is 1.12 bits per heavy atom. The second-order valence-corrected chi connectivity index (χ2v) is 8.20. The molecule has 9 nitrogen and oxygen atoms in total. The molecule has 0 saturated carbocycles. The second kappa shape index (κ2) is 8.93. The van der Waals surface area contributed by atoms with Crippen molar-refractivity contribution in [2.45, 2.75) is 39.9 Å². The first-order valence-corrected chi connectivity index (χ1v) is 11.1. The monoisotopic (exact) mass is 456 g/mol. The highest BCUT2D eigenvalue weighted by Crippen LogP contribution is 2.25. The summed E-state index contributed by atoms with van der Waals surface area (Å²) in [7, 11) is 0. The van der Waals surface area contributed by atoms with Crippen LogP contribution in [0.15, 0.2) is 64.2 Å². The van der Waals surface area contributed by atoms with Crippen molar-refractivity contribution in [2.24, 2.45) is 0 Å². The van der Waals surface area contributed by atoms with Gasteiger partial charge in [0.15, 0.2) is 5.82 Å². The molecule has 0 aliphatic heterocycles. The molecule has 172 valence electrons. The molecule has 0 spiro atoms. The van der Waals surface area contributed by atoms with Gasteiger partial charge in [0.2, 0.25) is 11.8 Å². The molecular formula is C25H24N6O3. The lowest BCUT2D eigenvalue weighted by Crippen LogP contribution is -2.29. The number of rotatable bonds is 7.